The van der Waals surface area contributed by atoms with Gasteiger partial charge in [-0.3, -0.25) is 4.79 Å². The number of hydrogen-bond donors (Lipinski definition) is 1. The van der Waals surface area contributed by atoms with Crippen molar-refractivity contribution in [2.75, 3.05) is 11.4 Å². The van der Waals surface area contributed by atoms with Gasteiger partial charge in [0.1, 0.15) is 0 Å². The number of nitrogens with zero attached hydrogens (tertiary/aromatic N) is 1. The molecule has 4 rings (SSSR count). The summed E-state index contributed by atoms with van der Waals surface area (Å²) >= 11 is 1.67. The van der Waals surface area contributed by atoms with E-state index in [4.69, 9.17) is 5.73 Å². The molecule has 2 N–H and O–H groups in total. The zero-order chi connectivity index (χ0) is 14.4. The second-order valence-corrected chi connectivity index (χ2v) is 7.06. The van der Waals surface area contributed by atoms with Crippen molar-refractivity contribution < 1.29 is 4.79 Å². The number of amides is 1. The van der Waals surface area contributed by atoms with Gasteiger partial charge in [0.25, 0.3) is 5.91 Å². The van der Waals surface area contributed by atoms with Gasteiger partial charge in [-0.2, -0.15) is 0 Å². The summed E-state index contributed by atoms with van der Waals surface area (Å²) in [6.07, 6.45) is 4.33. The van der Waals surface area contributed by atoms with E-state index in [1.165, 1.54) is 22.4 Å². The summed E-state index contributed by atoms with van der Waals surface area (Å²) in [6.45, 7) is 0.610. The third-order valence-corrected chi connectivity index (χ3v) is 5.61. The van der Waals surface area contributed by atoms with Gasteiger partial charge in [0.05, 0.1) is 4.88 Å². The molecule has 1 aromatic carbocycles. The maximum Gasteiger partial charge on any atom is 0.268 e. The summed E-state index contributed by atoms with van der Waals surface area (Å²) in [7, 11) is 0. The number of hydrogen-bond acceptors (Lipinski definition) is 3. The highest BCUT2D eigenvalue weighted by molar-refractivity contribution is 7.14. The van der Waals surface area contributed by atoms with Crippen molar-refractivity contribution in [1.82, 2.24) is 0 Å². The topological polar surface area (TPSA) is 46.3 Å². The number of anilines is 1. The summed E-state index contributed by atoms with van der Waals surface area (Å²) in [6, 6.07) is 10.2. The lowest BCUT2D eigenvalue weighted by Crippen LogP contribution is -2.46. The number of aryl methyl sites for hydroxylation is 2. The molecule has 21 heavy (non-hydrogen) atoms. The van der Waals surface area contributed by atoms with Crippen LogP contribution in [0.3, 0.4) is 0 Å². The van der Waals surface area contributed by atoms with E-state index in [0.717, 1.165) is 29.8 Å². The van der Waals surface area contributed by atoms with Crippen molar-refractivity contribution in [2.45, 2.75) is 31.7 Å². The van der Waals surface area contributed by atoms with Crippen molar-refractivity contribution in [3.05, 3.63) is 51.2 Å². The number of fused-ring (bicyclic) bond motifs is 2. The van der Waals surface area contributed by atoms with Gasteiger partial charge in [-0.15, -0.1) is 11.3 Å². The molecule has 0 spiro atoms. The number of benzene rings is 1. The van der Waals surface area contributed by atoms with Gasteiger partial charge in [-0.05, 0) is 48.9 Å². The maximum absolute atomic E-state index is 12.9. The lowest BCUT2D eigenvalue weighted by Gasteiger charge is -2.32. The predicted octanol–water partition coefficient (Wildman–Crippen LogP) is 2.77. The van der Waals surface area contributed by atoms with Crippen LogP contribution < -0.4 is 10.6 Å². The van der Waals surface area contributed by atoms with Gasteiger partial charge in [0.15, 0.2) is 0 Å². The molecule has 2 aromatic rings. The third kappa shape index (κ3) is 2.19. The highest BCUT2D eigenvalue weighted by Crippen LogP contribution is 2.34. The molecule has 2 aliphatic rings. The van der Waals surface area contributed by atoms with Crippen LogP contribution in [0.1, 0.15) is 32.1 Å². The summed E-state index contributed by atoms with van der Waals surface area (Å²) in [5.41, 5.74) is 9.71. The van der Waals surface area contributed by atoms with E-state index < -0.39 is 0 Å². The standard InChI is InChI=1S/C17H18N2OS/c18-13-8-11-4-1-2-6-14(11)19(10-13)17(20)16-9-12-5-3-7-15(12)21-16/h1-2,4,6,9,13H,3,5,7-8,10,18H2. The fraction of sp³-hybridized carbons (Fsp3) is 0.353. The Balaban J connectivity index is 1.70. The lowest BCUT2D eigenvalue weighted by atomic mass is 9.98. The Labute approximate surface area is 128 Å². The van der Waals surface area contributed by atoms with E-state index in [-0.39, 0.29) is 11.9 Å². The van der Waals surface area contributed by atoms with Crippen LogP contribution in [0.25, 0.3) is 0 Å². The number of nitrogens with two attached hydrogens (primary N) is 1. The highest BCUT2D eigenvalue weighted by atomic mass is 32.1. The average Bonchev–Trinajstić information content (AvgIpc) is 3.06. The Bertz CT molecular complexity index is 685. The van der Waals surface area contributed by atoms with Gasteiger partial charge < -0.3 is 10.6 Å². The monoisotopic (exact) mass is 298 g/mol. The van der Waals surface area contributed by atoms with Crippen LogP contribution in [-0.2, 0) is 19.3 Å². The van der Waals surface area contributed by atoms with Crippen molar-refractivity contribution >= 4 is 22.9 Å². The van der Waals surface area contributed by atoms with Crippen molar-refractivity contribution in [2.24, 2.45) is 5.73 Å². The van der Waals surface area contributed by atoms with Crippen LogP contribution in [0.4, 0.5) is 5.69 Å². The second kappa shape index (κ2) is 4.97. The van der Waals surface area contributed by atoms with E-state index >= 15 is 0 Å². The first-order valence-corrected chi connectivity index (χ1v) is 8.31. The van der Waals surface area contributed by atoms with Crippen molar-refractivity contribution in [1.29, 1.82) is 0 Å². The molecule has 0 radical (unpaired) electrons. The number of rotatable bonds is 1. The maximum atomic E-state index is 12.9. The van der Waals surface area contributed by atoms with E-state index in [1.54, 1.807) is 11.3 Å². The first-order chi connectivity index (χ1) is 10.2. The second-order valence-electron chi connectivity index (χ2n) is 5.92. The van der Waals surface area contributed by atoms with Crippen LogP contribution in [0.15, 0.2) is 30.3 Å². The fourth-order valence-corrected chi connectivity index (χ4v) is 4.59. The Morgan fingerprint density at radius 3 is 2.95 bits per heavy atom. The average molecular weight is 298 g/mol. The number of carbonyl (C=O) groups excluding carboxylic acids is 1. The number of para-hydroxylation sites is 1. The largest absolute Gasteiger partial charge is 0.326 e. The van der Waals surface area contributed by atoms with Gasteiger partial charge in [-0.1, -0.05) is 18.2 Å². The van der Waals surface area contributed by atoms with E-state index in [2.05, 4.69) is 12.1 Å². The quantitative estimate of drug-likeness (QED) is 0.880. The molecule has 1 aliphatic carbocycles. The molecule has 1 aromatic heterocycles. The molecular formula is C17H18N2OS. The summed E-state index contributed by atoms with van der Waals surface area (Å²) < 4.78 is 0. The SMILES string of the molecule is NC1Cc2ccccc2N(C(=O)c2cc3c(s2)CCC3)C1. The Morgan fingerprint density at radius 2 is 2.10 bits per heavy atom. The fourth-order valence-electron chi connectivity index (χ4n) is 3.39. The molecule has 4 heteroatoms. The van der Waals surface area contributed by atoms with Crippen molar-refractivity contribution in [3.8, 4) is 0 Å². The summed E-state index contributed by atoms with van der Waals surface area (Å²) in [5, 5.41) is 0. The molecule has 0 saturated heterocycles. The van der Waals surface area contributed by atoms with Crippen LogP contribution in [0.2, 0.25) is 0 Å². The molecule has 0 fully saturated rings. The van der Waals surface area contributed by atoms with E-state index in [0.29, 0.717) is 6.54 Å². The first-order valence-electron chi connectivity index (χ1n) is 7.49. The molecule has 0 saturated carbocycles. The molecular weight excluding hydrogens is 280 g/mol. The van der Waals surface area contributed by atoms with Gasteiger partial charge >= 0.3 is 0 Å². The summed E-state index contributed by atoms with van der Waals surface area (Å²) in [5.74, 6) is 0.108. The van der Waals surface area contributed by atoms with Gasteiger partial charge in [0, 0.05) is 23.2 Å². The lowest BCUT2D eigenvalue weighted by molar-refractivity contribution is 0.0987. The molecule has 1 unspecified atom stereocenters. The zero-order valence-electron chi connectivity index (χ0n) is 11.8. The molecule has 3 nitrogen and oxygen atoms in total. The van der Waals surface area contributed by atoms with E-state index in [9.17, 15) is 4.79 Å². The van der Waals surface area contributed by atoms with Gasteiger partial charge in [-0.25, -0.2) is 0 Å². The number of thiophene rings is 1. The smallest absolute Gasteiger partial charge is 0.268 e. The minimum atomic E-state index is 0.0238. The first kappa shape index (κ1) is 13.0. The Hall–Kier alpha value is -1.65. The normalized spacial score (nSPS) is 20.2. The Morgan fingerprint density at radius 1 is 1.24 bits per heavy atom. The van der Waals surface area contributed by atoms with Crippen LogP contribution in [-0.4, -0.2) is 18.5 Å². The summed E-state index contributed by atoms with van der Waals surface area (Å²) in [4.78, 5) is 17.0. The van der Waals surface area contributed by atoms with E-state index in [1.807, 2.05) is 23.1 Å². The number of carbonyl (C=O) groups is 1. The van der Waals surface area contributed by atoms with Gasteiger partial charge in [0.2, 0.25) is 0 Å². The molecule has 108 valence electrons. The molecule has 0 bridgehead atoms. The molecule has 2 heterocycles. The van der Waals surface area contributed by atoms with Crippen molar-refractivity contribution in [3.63, 3.8) is 0 Å². The van der Waals surface area contributed by atoms with Crippen LogP contribution in [0, 0.1) is 0 Å². The highest BCUT2D eigenvalue weighted by Gasteiger charge is 2.29. The predicted molar refractivity (Wildman–Crippen MR) is 86.1 cm³/mol. The molecule has 1 amide bonds. The van der Waals surface area contributed by atoms with Crippen LogP contribution >= 0.6 is 11.3 Å². The molecule has 1 aliphatic heterocycles. The minimum absolute atomic E-state index is 0.0238. The van der Waals surface area contributed by atoms with Crippen LogP contribution in [0.5, 0.6) is 0 Å². The third-order valence-electron chi connectivity index (χ3n) is 4.38. The molecule has 1 atom stereocenters. The minimum Gasteiger partial charge on any atom is -0.326 e. The Kier molecular flexibility index (Phi) is 3.08. The zero-order valence-corrected chi connectivity index (χ0v) is 12.7.